The van der Waals surface area contributed by atoms with E-state index in [4.69, 9.17) is 4.74 Å². The highest BCUT2D eigenvalue weighted by atomic mass is 16.5. The summed E-state index contributed by atoms with van der Waals surface area (Å²) in [5, 5.41) is 2.20. The first kappa shape index (κ1) is 13.7. The predicted octanol–water partition coefficient (Wildman–Crippen LogP) is 1.13. The van der Waals surface area contributed by atoms with Crippen molar-refractivity contribution in [3.05, 3.63) is 35.9 Å². The molecule has 0 unspecified atom stereocenters. The van der Waals surface area contributed by atoms with Crippen molar-refractivity contribution in [1.29, 1.82) is 0 Å². The lowest BCUT2D eigenvalue weighted by Gasteiger charge is -2.10. The van der Waals surface area contributed by atoms with Gasteiger partial charge in [-0.3, -0.25) is 4.79 Å². The molecule has 0 aromatic heterocycles. The number of esters is 1. The zero-order chi connectivity index (χ0) is 12.5. The van der Waals surface area contributed by atoms with Crippen LogP contribution in [0.4, 0.5) is 0 Å². The predicted molar refractivity (Wildman–Crippen MR) is 67.7 cm³/mol. The summed E-state index contributed by atoms with van der Waals surface area (Å²) in [6, 6.07) is 10.9. The van der Waals surface area contributed by atoms with Gasteiger partial charge in [-0.2, -0.15) is 0 Å². The maximum atomic E-state index is 11.1. The summed E-state index contributed by atoms with van der Waals surface area (Å²) in [5.41, 5.74) is 1.34. The van der Waals surface area contributed by atoms with E-state index >= 15 is 0 Å². The molecule has 3 heteroatoms. The second-order valence-electron chi connectivity index (χ2n) is 4.25. The van der Waals surface area contributed by atoms with Gasteiger partial charge >= 0.3 is 5.97 Å². The number of nitrogens with two attached hydrogens (primary N) is 1. The molecular weight excluding hydrogens is 214 g/mol. The second-order valence-corrected chi connectivity index (χ2v) is 4.25. The van der Waals surface area contributed by atoms with E-state index in [-0.39, 0.29) is 5.97 Å². The topological polar surface area (TPSA) is 42.9 Å². The molecule has 3 nitrogen and oxygen atoms in total. The van der Waals surface area contributed by atoms with Gasteiger partial charge in [-0.15, -0.1) is 0 Å². The van der Waals surface area contributed by atoms with Crippen molar-refractivity contribution in [1.82, 2.24) is 0 Å². The summed E-state index contributed by atoms with van der Waals surface area (Å²) in [7, 11) is 0. The van der Waals surface area contributed by atoms with Crippen LogP contribution in [0.25, 0.3) is 0 Å². The maximum absolute atomic E-state index is 11.1. The van der Waals surface area contributed by atoms with Gasteiger partial charge in [-0.05, 0) is 19.4 Å². The molecule has 0 saturated heterocycles. The summed E-state index contributed by atoms with van der Waals surface area (Å²) >= 11 is 0. The summed E-state index contributed by atoms with van der Waals surface area (Å²) < 4.78 is 4.88. The van der Waals surface area contributed by atoms with E-state index in [2.05, 4.69) is 36.5 Å². The number of ether oxygens (including phenoxy) is 1. The highest BCUT2D eigenvalue weighted by Gasteiger charge is 2.08. The molecule has 0 saturated carbocycles. The van der Waals surface area contributed by atoms with Gasteiger partial charge in [0.2, 0.25) is 0 Å². The number of hydrogen-bond acceptors (Lipinski definition) is 2. The van der Waals surface area contributed by atoms with Crippen LogP contribution in [0.15, 0.2) is 30.3 Å². The van der Waals surface area contributed by atoms with E-state index in [0.717, 1.165) is 13.0 Å². The maximum Gasteiger partial charge on any atom is 0.311 e. The number of rotatable bonds is 7. The number of benzene rings is 1. The van der Waals surface area contributed by atoms with Crippen molar-refractivity contribution < 1.29 is 14.8 Å². The van der Waals surface area contributed by atoms with Crippen LogP contribution in [0.2, 0.25) is 0 Å². The van der Waals surface area contributed by atoms with Crippen LogP contribution in [-0.2, 0) is 16.0 Å². The zero-order valence-electron chi connectivity index (χ0n) is 10.7. The average molecular weight is 236 g/mol. The highest BCUT2D eigenvalue weighted by Crippen LogP contribution is 2.00. The normalized spacial score (nSPS) is 12.1. The van der Waals surface area contributed by atoms with Crippen molar-refractivity contribution in [2.75, 3.05) is 13.2 Å². The third-order valence-electron chi connectivity index (χ3n) is 2.62. The van der Waals surface area contributed by atoms with E-state index in [1.165, 1.54) is 5.56 Å². The van der Waals surface area contributed by atoms with Crippen LogP contribution < -0.4 is 5.32 Å². The molecule has 0 aliphatic carbocycles. The molecule has 1 rings (SSSR count). The van der Waals surface area contributed by atoms with Gasteiger partial charge < -0.3 is 10.1 Å². The first-order valence-corrected chi connectivity index (χ1v) is 6.25. The SMILES string of the molecule is CCOC(=O)CC[NH2+][C@H](C)Cc1ccccc1. The molecular formula is C14H22NO2+. The van der Waals surface area contributed by atoms with Crippen LogP contribution in [-0.4, -0.2) is 25.2 Å². The number of hydrogen-bond donors (Lipinski definition) is 1. The lowest BCUT2D eigenvalue weighted by Crippen LogP contribution is -2.90. The van der Waals surface area contributed by atoms with Gasteiger partial charge in [0.1, 0.15) is 0 Å². The molecule has 0 spiro atoms. The Morgan fingerprint density at radius 1 is 1.35 bits per heavy atom. The molecule has 0 bridgehead atoms. The Morgan fingerprint density at radius 3 is 2.71 bits per heavy atom. The largest absolute Gasteiger partial charge is 0.466 e. The number of carbonyl (C=O) groups excluding carboxylic acids is 1. The van der Waals surface area contributed by atoms with Crippen molar-refractivity contribution in [3.63, 3.8) is 0 Å². The number of quaternary nitrogens is 1. The van der Waals surface area contributed by atoms with Crippen LogP contribution in [0.5, 0.6) is 0 Å². The minimum atomic E-state index is -0.101. The molecule has 94 valence electrons. The Bertz CT molecular complexity index is 324. The molecule has 0 amide bonds. The molecule has 0 radical (unpaired) electrons. The summed E-state index contributed by atoms with van der Waals surface area (Å²) in [4.78, 5) is 11.1. The van der Waals surface area contributed by atoms with Crippen LogP contribution >= 0.6 is 0 Å². The van der Waals surface area contributed by atoms with E-state index in [0.29, 0.717) is 19.1 Å². The molecule has 0 fully saturated rings. The van der Waals surface area contributed by atoms with Crippen molar-refractivity contribution >= 4 is 5.97 Å². The molecule has 0 aliphatic rings. The fourth-order valence-electron chi connectivity index (χ4n) is 1.79. The first-order chi connectivity index (χ1) is 8.22. The van der Waals surface area contributed by atoms with Gasteiger partial charge in [0.05, 0.1) is 25.6 Å². The summed E-state index contributed by atoms with van der Waals surface area (Å²) in [6.07, 6.45) is 1.52. The molecule has 1 aromatic carbocycles. The standard InChI is InChI=1S/C14H21NO2/c1-3-17-14(16)9-10-15-12(2)11-13-7-5-4-6-8-13/h4-8,12,15H,3,9-11H2,1-2H3/p+1/t12-/m1/s1. The van der Waals surface area contributed by atoms with Crippen LogP contribution in [0.3, 0.4) is 0 Å². The fourth-order valence-corrected chi connectivity index (χ4v) is 1.79. The van der Waals surface area contributed by atoms with Crippen LogP contribution in [0.1, 0.15) is 25.8 Å². The Morgan fingerprint density at radius 2 is 2.06 bits per heavy atom. The third kappa shape index (κ3) is 6.07. The fraction of sp³-hybridized carbons (Fsp3) is 0.500. The lowest BCUT2D eigenvalue weighted by molar-refractivity contribution is -0.684. The Hall–Kier alpha value is -1.35. The van der Waals surface area contributed by atoms with Gasteiger partial charge in [0.15, 0.2) is 0 Å². The van der Waals surface area contributed by atoms with Gasteiger partial charge in [-0.1, -0.05) is 30.3 Å². The summed E-state index contributed by atoms with van der Waals surface area (Å²) in [6.45, 7) is 5.28. The molecule has 1 aromatic rings. The van der Waals surface area contributed by atoms with Crippen LogP contribution in [0, 0.1) is 0 Å². The molecule has 1 atom stereocenters. The Kier molecular flexibility index (Phi) is 6.33. The van der Waals surface area contributed by atoms with E-state index < -0.39 is 0 Å². The monoisotopic (exact) mass is 236 g/mol. The van der Waals surface area contributed by atoms with Crippen molar-refractivity contribution in [3.8, 4) is 0 Å². The van der Waals surface area contributed by atoms with E-state index in [1.807, 2.05) is 13.0 Å². The van der Waals surface area contributed by atoms with Crippen molar-refractivity contribution in [2.24, 2.45) is 0 Å². The molecule has 2 N–H and O–H groups in total. The highest BCUT2D eigenvalue weighted by molar-refractivity contribution is 5.69. The Balaban J connectivity index is 2.17. The molecule has 0 heterocycles. The second kappa shape index (κ2) is 7.85. The molecule has 17 heavy (non-hydrogen) atoms. The van der Waals surface area contributed by atoms with Gasteiger partial charge in [0, 0.05) is 6.42 Å². The lowest BCUT2D eigenvalue weighted by atomic mass is 10.1. The number of carbonyl (C=O) groups is 1. The molecule has 0 aliphatic heterocycles. The first-order valence-electron chi connectivity index (χ1n) is 6.25. The smallest absolute Gasteiger partial charge is 0.311 e. The average Bonchev–Trinajstić information content (AvgIpc) is 2.30. The minimum Gasteiger partial charge on any atom is -0.466 e. The van der Waals surface area contributed by atoms with Gasteiger partial charge in [-0.25, -0.2) is 0 Å². The van der Waals surface area contributed by atoms with Crippen molar-refractivity contribution in [2.45, 2.75) is 32.7 Å². The minimum absolute atomic E-state index is 0.101. The van der Waals surface area contributed by atoms with E-state index in [1.54, 1.807) is 0 Å². The quantitative estimate of drug-likeness (QED) is 0.721. The van der Waals surface area contributed by atoms with Gasteiger partial charge in [0.25, 0.3) is 0 Å². The summed E-state index contributed by atoms with van der Waals surface area (Å²) in [5.74, 6) is -0.101. The zero-order valence-corrected chi connectivity index (χ0v) is 10.7. The van der Waals surface area contributed by atoms with E-state index in [9.17, 15) is 4.79 Å². The third-order valence-corrected chi connectivity index (χ3v) is 2.62. The Labute approximate surface area is 103 Å².